The first-order valence-electron chi connectivity index (χ1n) is 6.50. The molecule has 7 heteroatoms. The van der Waals surface area contributed by atoms with Crippen molar-refractivity contribution in [1.82, 2.24) is 10.5 Å². The second-order valence-electron chi connectivity index (χ2n) is 4.58. The number of carbonyl (C=O) groups is 2. The molecule has 0 aliphatic carbocycles. The molecule has 0 fully saturated rings. The van der Waals surface area contributed by atoms with Gasteiger partial charge in [0.2, 0.25) is 0 Å². The Balaban J connectivity index is 2.09. The number of amides is 1. The fraction of sp³-hybridized carbons (Fsp3) is 0.357. The molecule has 0 spiro atoms. The van der Waals surface area contributed by atoms with Crippen LogP contribution in [0.4, 0.5) is 0 Å². The average molecular weight is 292 g/mol. The van der Waals surface area contributed by atoms with E-state index in [2.05, 4.69) is 10.5 Å². The highest BCUT2D eigenvalue weighted by atomic mass is 16.5. The van der Waals surface area contributed by atoms with Crippen molar-refractivity contribution in [3.63, 3.8) is 0 Å². The second kappa shape index (κ2) is 5.82. The van der Waals surface area contributed by atoms with Gasteiger partial charge in [0.1, 0.15) is 28.4 Å². The highest BCUT2D eigenvalue weighted by molar-refractivity contribution is 5.96. The van der Waals surface area contributed by atoms with Crippen LogP contribution in [0.25, 0.3) is 0 Å². The Morgan fingerprint density at radius 1 is 1.33 bits per heavy atom. The lowest BCUT2D eigenvalue weighted by Crippen LogP contribution is -2.24. The van der Waals surface area contributed by atoms with Crippen LogP contribution in [0.3, 0.4) is 0 Å². The van der Waals surface area contributed by atoms with Gasteiger partial charge < -0.3 is 19.4 Å². The number of furan rings is 1. The molecule has 0 saturated carbocycles. The first-order valence-corrected chi connectivity index (χ1v) is 6.50. The number of rotatable bonds is 5. The van der Waals surface area contributed by atoms with Gasteiger partial charge in [-0.2, -0.15) is 0 Å². The molecule has 0 unspecified atom stereocenters. The number of hydrogen-bond donors (Lipinski definition) is 2. The summed E-state index contributed by atoms with van der Waals surface area (Å²) in [6, 6.07) is 1.40. The van der Waals surface area contributed by atoms with E-state index >= 15 is 0 Å². The molecule has 2 aromatic heterocycles. The van der Waals surface area contributed by atoms with Crippen LogP contribution < -0.4 is 5.32 Å². The van der Waals surface area contributed by atoms with E-state index in [4.69, 9.17) is 14.0 Å². The summed E-state index contributed by atoms with van der Waals surface area (Å²) in [7, 11) is 0. The van der Waals surface area contributed by atoms with Crippen LogP contribution >= 0.6 is 0 Å². The highest BCUT2D eigenvalue weighted by Gasteiger charge is 2.20. The summed E-state index contributed by atoms with van der Waals surface area (Å²) < 4.78 is 10.3. The van der Waals surface area contributed by atoms with Gasteiger partial charge >= 0.3 is 5.97 Å². The van der Waals surface area contributed by atoms with Crippen molar-refractivity contribution in [2.45, 2.75) is 33.7 Å². The molecule has 7 nitrogen and oxygen atoms in total. The number of nitrogens with zero attached hydrogens (tertiary/aromatic N) is 1. The largest absolute Gasteiger partial charge is 0.478 e. The van der Waals surface area contributed by atoms with Crippen molar-refractivity contribution >= 4 is 11.9 Å². The molecule has 1 amide bonds. The molecule has 2 N–H and O–H groups in total. The summed E-state index contributed by atoms with van der Waals surface area (Å²) in [5.74, 6) is -0.243. The minimum absolute atomic E-state index is 0.0923. The van der Waals surface area contributed by atoms with Gasteiger partial charge in [-0.1, -0.05) is 12.1 Å². The lowest BCUT2D eigenvalue weighted by Gasteiger charge is -2.03. The third-order valence-electron chi connectivity index (χ3n) is 3.12. The van der Waals surface area contributed by atoms with Gasteiger partial charge in [0.25, 0.3) is 5.91 Å². The topological polar surface area (TPSA) is 106 Å². The van der Waals surface area contributed by atoms with Crippen LogP contribution in [0.5, 0.6) is 0 Å². The van der Waals surface area contributed by atoms with Crippen molar-refractivity contribution in [3.8, 4) is 0 Å². The summed E-state index contributed by atoms with van der Waals surface area (Å²) in [5, 5.41) is 15.4. The maximum absolute atomic E-state index is 12.1. The van der Waals surface area contributed by atoms with Gasteiger partial charge in [-0.05, 0) is 26.3 Å². The predicted octanol–water partition coefficient (Wildman–Crippen LogP) is 2.08. The summed E-state index contributed by atoms with van der Waals surface area (Å²) in [4.78, 5) is 23.1. The molecule has 0 aromatic carbocycles. The number of carboxylic acids is 1. The Morgan fingerprint density at radius 2 is 2.05 bits per heavy atom. The van der Waals surface area contributed by atoms with Crippen LogP contribution in [0, 0.1) is 13.8 Å². The Labute approximate surface area is 120 Å². The number of nitrogens with one attached hydrogen (secondary N) is 1. The van der Waals surface area contributed by atoms with Crippen molar-refractivity contribution in [3.05, 3.63) is 40.2 Å². The van der Waals surface area contributed by atoms with E-state index in [1.807, 2.05) is 6.92 Å². The van der Waals surface area contributed by atoms with E-state index in [9.17, 15) is 9.59 Å². The minimum atomic E-state index is -1.06. The Kier molecular flexibility index (Phi) is 4.11. The van der Waals surface area contributed by atoms with Gasteiger partial charge in [-0.3, -0.25) is 4.79 Å². The van der Waals surface area contributed by atoms with Gasteiger partial charge in [-0.15, -0.1) is 0 Å². The zero-order chi connectivity index (χ0) is 15.6. The molecular weight excluding hydrogens is 276 g/mol. The van der Waals surface area contributed by atoms with E-state index in [1.165, 1.54) is 6.07 Å². The molecular formula is C14H16N2O5. The van der Waals surface area contributed by atoms with E-state index in [-0.39, 0.29) is 18.0 Å². The summed E-state index contributed by atoms with van der Waals surface area (Å²) in [6.45, 7) is 5.21. The highest BCUT2D eigenvalue weighted by Crippen LogP contribution is 2.16. The van der Waals surface area contributed by atoms with E-state index in [0.717, 1.165) is 0 Å². The van der Waals surface area contributed by atoms with Crippen molar-refractivity contribution in [2.75, 3.05) is 0 Å². The van der Waals surface area contributed by atoms with Crippen LogP contribution in [-0.2, 0) is 13.0 Å². The number of aromatic carboxylic acids is 1. The van der Waals surface area contributed by atoms with Gasteiger partial charge in [0, 0.05) is 0 Å². The number of aryl methyl sites for hydroxylation is 3. The van der Waals surface area contributed by atoms with Gasteiger partial charge in [0.15, 0.2) is 0 Å². The zero-order valence-corrected chi connectivity index (χ0v) is 12.0. The van der Waals surface area contributed by atoms with Crippen molar-refractivity contribution in [1.29, 1.82) is 0 Å². The molecule has 2 heterocycles. The molecule has 0 atom stereocenters. The molecule has 2 aromatic rings. The lowest BCUT2D eigenvalue weighted by atomic mass is 10.1. The molecule has 112 valence electrons. The SMILES string of the molecule is CCc1noc(C)c1C(=O)NCc1cc(C(=O)O)c(C)o1. The summed E-state index contributed by atoms with van der Waals surface area (Å²) >= 11 is 0. The second-order valence-corrected chi connectivity index (χ2v) is 4.58. The molecule has 0 bridgehead atoms. The normalized spacial score (nSPS) is 10.6. The quantitative estimate of drug-likeness (QED) is 0.874. The Bertz CT molecular complexity index is 684. The average Bonchev–Trinajstić information content (AvgIpc) is 2.99. The maximum Gasteiger partial charge on any atom is 0.339 e. The van der Waals surface area contributed by atoms with Gasteiger partial charge in [-0.25, -0.2) is 4.79 Å². The van der Waals surface area contributed by atoms with E-state index in [1.54, 1.807) is 13.8 Å². The molecule has 0 aliphatic rings. The van der Waals surface area contributed by atoms with Crippen molar-refractivity contribution < 1.29 is 23.6 Å². The zero-order valence-electron chi connectivity index (χ0n) is 12.0. The predicted molar refractivity (Wildman–Crippen MR) is 72.2 cm³/mol. The van der Waals surface area contributed by atoms with Gasteiger partial charge in [0.05, 0.1) is 12.2 Å². The van der Waals surface area contributed by atoms with Crippen LogP contribution in [0.2, 0.25) is 0 Å². The van der Waals surface area contributed by atoms with Crippen LogP contribution in [-0.4, -0.2) is 22.1 Å². The number of carboxylic acid groups (broad SMARTS) is 1. The Morgan fingerprint density at radius 3 is 2.62 bits per heavy atom. The fourth-order valence-electron chi connectivity index (χ4n) is 2.05. The van der Waals surface area contributed by atoms with E-state index in [0.29, 0.717) is 35.0 Å². The van der Waals surface area contributed by atoms with Crippen LogP contribution in [0.15, 0.2) is 15.0 Å². The lowest BCUT2D eigenvalue weighted by molar-refractivity contribution is 0.0694. The van der Waals surface area contributed by atoms with E-state index < -0.39 is 5.97 Å². The molecule has 21 heavy (non-hydrogen) atoms. The summed E-state index contributed by atoms with van der Waals surface area (Å²) in [5.41, 5.74) is 1.10. The number of aromatic nitrogens is 1. The number of hydrogen-bond acceptors (Lipinski definition) is 5. The molecule has 0 saturated heterocycles. The Hall–Kier alpha value is -2.57. The smallest absolute Gasteiger partial charge is 0.339 e. The molecule has 0 radical (unpaired) electrons. The van der Waals surface area contributed by atoms with Crippen molar-refractivity contribution in [2.24, 2.45) is 0 Å². The maximum atomic E-state index is 12.1. The third-order valence-corrected chi connectivity index (χ3v) is 3.12. The molecule has 0 aliphatic heterocycles. The fourth-order valence-corrected chi connectivity index (χ4v) is 2.05. The first-order chi connectivity index (χ1) is 9.93. The first kappa shape index (κ1) is 14.8. The monoisotopic (exact) mass is 292 g/mol. The third kappa shape index (κ3) is 2.96. The minimum Gasteiger partial charge on any atom is -0.478 e. The molecule has 2 rings (SSSR count). The summed E-state index contributed by atoms with van der Waals surface area (Å²) in [6.07, 6.45) is 0.586. The number of carbonyl (C=O) groups excluding carboxylic acids is 1. The van der Waals surface area contributed by atoms with Crippen LogP contribution in [0.1, 0.15) is 50.6 Å². The standard InChI is InChI=1S/C14H16N2O5/c1-4-11-12(8(3)21-16-11)13(17)15-6-9-5-10(14(18)19)7(2)20-9/h5H,4,6H2,1-3H3,(H,15,17)(H,18,19).